The van der Waals surface area contributed by atoms with Crippen LogP contribution in [0.2, 0.25) is 0 Å². The summed E-state index contributed by atoms with van der Waals surface area (Å²) in [6.45, 7) is 5.96. The monoisotopic (exact) mass is 526 g/mol. The van der Waals surface area contributed by atoms with Gasteiger partial charge >= 0.3 is 6.03 Å². The fraction of sp³-hybridized carbons (Fsp3) is 0.130. The molecule has 1 saturated heterocycles. The van der Waals surface area contributed by atoms with Crippen LogP contribution in [0.1, 0.15) is 22.5 Å². The SMILES string of the molecule is Cc1cc(-n2c(C)cc(/C=C3/C(=O)NC(=O)N(c4ccncc4)C3=O)c2C)ccc1I. The first-order valence-electron chi connectivity index (χ1n) is 9.55. The highest BCUT2D eigenvalue weighted by atomic mass is 127. The second-order valence-corrected chi connectivity index (χ2v) is 8.42. The number of hydrogen-bond donors (Lipinski definition) is 1. The molecule has 1 aliphatic rings. The molecule has 0 saturated carbocycles. The predicted octanol–water partition coefficient (Wildman–Crippen LogP) is 4.07. The Hall–Kier alpha value is -3.27. The van der Waals surface area contributed by atoms with E-state index in [-0.39, 0.29) is 5.57 Å². The van der Waals surface area contributed by atoms with Crippen LogP contribution in [0.25, 0.3) is 11.8 Å². The number of aromatic nitrogens is 2. The van der Waals surface area contributed by atoms with Crippen molar-refractivity contribution in [2.24, 2.45) is 0 Å². The van der Waals surface area contributed by atoms with Gasteiger partial charge in [0, 0.05) is 33.0 Å². The van der Waals surface area contributed by atoms with Crippen LogP contribution < -0.4 is 10.2 Å². The molecule has 1 aliphatic heterocycles. The Bertz CT molecular complexity index is 1260. The summed E-state index contributed by atoms with van der Waals surface area (Å²) in [4.78, 5) is 42.7. The Morgan fingerprint density at radius 1 is 0.968 bits per heavy atom. The van der Waals surface area contributed by atoms with Crippen molar-refractivity contribution >= 4 is 52.2 Å². The van der Waals surface area contributed by atoms with E-state index < -0.39 is 17.8 Å². The summed E-state index contributed by atoms with van der Waals surface area (Å²) in [7, 11) is 0. The second kappa shape index (κ2) is 8.10. The molecule has 0 spiro atoms. The quantitative estimate of drug-likeness (QED) is 0.317. The Labute approximate surface area is 192 Å². The zero-order chi connectivity index (χ0) is 22.3. The summed E-state index contributed by atoms with van der Waals surface area (Å²) in [5.74, 6) is -1.38. The molecule has 4 amide bonds. The van der Waals surface area contributed by atoms with Crippen molar-refractivity contribution in [1.29, 1.82) is 0 Å². The van der Waals surface area contributed by atoms with Crippen molar-refractivity contribution in [2.75, 3.05) is 4.90 Å². The van der Waals surface area contributed by atoms with Crippen LogP contribution in [0.4, 0.5) is 10.5 Å². The minimum atomic E-state index is -0.779. The molecule has 7 nitrogen and oxygen atoms in total. The van der Waals surface area contributed by atoms with Crippen molar-refractivity contribution < 1.29 is 14.4 Å². The van der Waals surface area contributed by atoms with Gasteiger partial charge < -0.3 is 4.57 Å². The number of hydrogen-bond acceptors (Lipinski definition) is 4. The van der Waals surface area contributed by atoms with Gasteiger partial charge in [-0.1, -0.05) is 0 Å². The Morgan fingerprint density at radius 3 is 2.35 bits per heavy atom. The smallest absolute Gasteiger partial charge is 0.318 e. The van der Waals surface area contributed by atoms with Gasteiger partial charge in [0.25, 0.3) is 11.8 Å². The standard InChI is InChI=1S/C23H19IN4O3/c1-13-10-18(4-5-20(13)24)27-14(2)11-16(15(27)3)12-19-21(29)26-23(31)28(22(19)30)17-6-8-25-9-7-17/h4-12H,1-3H3,(H,26,29,31)/b19-12-. The first-order chi connectivity index (χ1) is 14.8. The molecule has 1 fully saturated rings. The van der Waals surface area contributed by atoms with Crippen LogP contribution in [0.15, 0.2) is 54.4 Å². The number of barbiturate groups is 1. The maximum absolute atomic E-state index is 13.1. The molecule has 2 aromatic heterocycles. The molecular formula is C23H19IN4O3. The summed E-state index contributed by atoms with van der Waals surface area (Å²) in [6, 6.07) is 10.4. The van der Waals surface area contributed by atoms with Gasteiger partial charge in [-0.15, -0.1) is 0 Å². The molecule has 1 aromatic carbocycles. The van der Waals surface area contributed by atoms with E-state index in [0.717, 1.165) is 27.5 Å². The van der Waals surface area contributed by atoms with Crippen LogP contribution in [-0.4, -0.2) is 27.4 Å². The number of aryl methyl sites for hydroxylation is 2. The van der Waals surface area contributed by atoms with Gasteiger partial charge in [-0.2, -0.15) is 0 Å². The molecule has 0 radical (unpaired) electrons. The molecule has 156 valence electrons. The molecule has 0 bridgehead atoms. The summed E-state index contributed by atoms with van der Waals surface area (Å²) >= 11 is 2.30. The van der Waals surface area contributed by atoms with Crippen molar-refractivity contribution in [3.8, 4) is 5.69 Å². The fourth-order valence-corrected chi connectivity index (χ4v) is 3.98. The topological polar surface area (TPSA) is 84.3 Å². The second-order valence-electron chi connectivity index (χ2n) is 7.26. The maximum Gasteiger partial charge on any atom is 0.335 e. The zero-order valence-electron chi connectivity index (χ0n) is 17.1. The molecule has 1 N–H and O–H groups in total. The average Bonchev–Trinajstić information content (AvgIpc) is 3.01. The summed E-state index contributed by atoms with van der Waals surface area (Å²) in [6.07, 6.45) is 4.50. The number of halogens is 1. The van der Waals surface area contributed by atoms with E-state index in [2.05, 4.69) is 56.5 Å². The van der Waals surface area contributed by atoms with Crippen molar-refractivity contribution in [3.05, 3.63) is 80.4 Å². The number of imide groups is 2. The number of nitrogens with one attached hydrogen (secondary N) is 1. The van der Waals surface area contributed by atoms with Crippen LogP contribution in [0.3, 0.4) is 0 Å². The van der Waals surface area contributed by atoms with E-state index in [9.17, 15) is 14.4 Å². The van der Waals surface area contributed by atoms with Gasteiger partial charge in [0.1, 0.15) is 5.57 Å². The lowest BCUT2D eigenvalue weighted by Crippen LogP contribution is -2.54. The van der Waals surface area contributed by atoms with Gasteiger partial charge in [0.05, 0.1) is 5.69 Å². The third-order valence-corrected chi connectivity index (χ3v) is 6.40. The molecule has 31 heavy (non-hydrogen) atoms. The Kier molecular flexibility index (Phi) is 5.48. The van der Waals surface area contributed by atoms with Gasteiger partial charge in [-0.3, -0.25) is 19.9 Å². The summed E-state index contributed by atoms with van der Waals surface area (Å²) < 4.78 is 3.25. The third-order valence-electron chi connectivity index (χ3n) is 5.19. The number of carbonyl (C=O) groups excluding carboxylic acids is 3. The van der Waals surface area contributed by atoms with E-state index in [0.29, 0.717) is 5.69 Å². The molecular weight excluding hydrogens is 507 g/mol. The first-order valence-corrected chi connectivity index (χ1v) is 10.6. The van der Waals surface area contributed by atoms with Crippen molar-refractivity contribution in [2.45, 2.75) is 20.8 Å². The Morgan fingerprint density at radius 2 is 1.68 bits per heavy atom. The highest BCUT2D eigenvalue weighted by Crippen LogP contribution is 2.27. The molecule has 0 aliphatic carbocycles. The fourth-order valence-electron chi connectivity index (χ4n) is 3.64. The van der Waals surface area contributed by atoms with Crippen LogP contribution in [0.5, 0.6) is 0 Å². The molecule has 0 unspecified atom stereocenters. The molecule has 3 heterocycles. The van der Waals surface area contributed by atoms with E-state index in [1.807, 2.05) is 26.0 Å². The lowest BCUT2D eigenvalue weighted by Gasteiger charge is -2.26. The highest BCUT2D eigenvalue weighted by Gasteiger charge is 2.37. The number of benzene rings is 1. The Balaban J connectivity index is 1.77. The van der Waals surface area contributed by atoms with Gasteiger partial charge in [-0.05, 0) is 97.0 Å². The largest absolute Gasteiger partial charge is 0.335 e. The molecule has 0 atom stereocenters. The molecule has 8 heteroatoms. The predicted molar refractivity (Wildman–Crippen MR) is 126 cm³/mol. The first kappa shape index (κ1) is 21.0. The highest BCUT2D eigenvalue weighted by molar-refractivity contribution is 14.1. The van der Waals surface area contributed by atoms with Crippen LogP contribution in [-0.2, 0) is 9.59 Å². The third kappa shape index (κ3) is 3.78. The maximum atomic E-state index is 13.1. The van der Waals surface area contributed by atoms with E-state index >= 15 is 0 Å². The minimum absolute atomic E-state index is 0.101. The van der Waals surface area contributed by atoms with E-state index in [1.54, 1.807) is 0 Å². The lowest BCUT2D eigenvalue weighted by atomic mass is 10.1. The molecule has 3 aromatic rings. The van der Waals surface area contributed by atoms with Gasteiger partial charge in [0.2, 0.25) is 0 Å². The number of pyridine rings is 1. The molecule has 4 rings (SSSR count). The minimum Gasteiger partial charge on any atom is -0.318 e. The van der Waals surface area contributed by atoms with E-state index in [4.69, 9.17) is 0 Å². The normalized spacial score (nSPS) is 15.5. The number of nitrogens with zero attached hydrogens (tertiary/aromatic N) is 3. The van der Waals surface area contributed by atoms with Crippen molar-refractivity contribution in [3.63, 3.8) is 0 Å². The number of carbonyl (C=O) groups is 3. The number of urea groups is 1. The van der Waals surface area contributed by atoms with Crippen LogP contribution in [0, 0.1) is 24.3 Å². The summed E-state index contributed by atoms with van der Waals surface area (Å²) in [5.41, 5.74) is 5.00. The van der Waals surface area contributed by atoms with Crippen LogP contribution >= 0.6 is 22.6 Å². The average molecular weight is 526 g/mol. The number of anilines is 1. The number of amides is 4. The summed E-state index contributed by atoms with van der Waals surface area (Å²) in [5, 5.41) is 2.25. The van der Waals surface area contributed by atoms with Crippen molar-refractivity contribution in [1.82, 2.24) is 14.9 Å². The van der Waals surface area contributed by atoms with Gasteiger partial charge in [0.15, 0.2) is 0 Å². The zero-order valence-corrected chi connectivity index (χ0v) is 19.3. The van der Waals surface area contributed by atoms with E-state index in [1.165, 1.54) is 39.7 Å². The van der Waals surface area contributed by atoms with Gasteiger partial charge in [-0.25, -0.2) is 9.69 Å². The lowest BCUT2D eigenvalue weighted by molar-refractivity contribution is -0.122. The number of rotatable bonds is 3.